The Morgan fingerprint density at radius 1 is 1.05 bits per heavy atom. The van der Waals surface area contributed by atoms with Gasteiger partial charge in [0.05, 0.1) is 12.0 Å². The van der Waals surface area contributed by atoms with Crippen LogP contribution in [-0.4, -0.2) is 11.1 Å². The molecule has 2 nitrogen and oxygen atoms in total. The number of carbonyl (C=O) groups is 1. The van der Waals surface area contributed by atoms with Gasteiger partial charge in [0, 0.05) is 0 Å². The SMILES string of the molecule is O=C(O)Cc1ccc(F)cc1-c1ccc(C(F)(F)F)cc1. The first kappa shape index (κ1) is 15.0. The zero-order chi connectivity index (χ0) is 15.6. The molecule has 2 rings (SSSR count). The predicted molar refractivity (Wildman–Crippen MR) is 68.2 cm³/mol. The number of benzene rings is 2. The summed E-state index contributed by atoms with van der Waals surface area (Å²) < 4.78 is 50.8. The van der Waals surface area contributed by atoms with E-state index in [1.54, 1.807) is 0 Å². The molecule has 0 aliphatic heterocycles. The summed E-state index contributed by atoms with van der Waals surface area (Å²) in [4.78, 5) is 10.8. The Kier molecular flexibility index (Phi) is 3.97. The highest BCUT2D eigenvalue weighted by molar-refractivity contribution is 5.76. The normalized spacial score (nSPS) is 11.4. The first-order valence-corrected chi connectivity index (χ1v) is 5.95. The van der Waals surface area contributed by atoms with E-state index in [0.717, 1.165) is 24.3 Å². The Labute approximate surface area is 117 Å². The highest BCUT2D eigenvalue weighted by Gasteiger charge is 2.30. The van der Waals surface area contributed by atoms with Gasteiger partial charge in [0.15, 0.2) is 0 Å². The molecule has 0 bridgehead atoms. The van der Waals surface area contributed by atoms with Crippen molar-refractivity contribution in [3.63, 3.8) is 0 Å². The fourth-order valence-corrected chi connectivity index (χ4v) is 1.97. The quantitative estimate of drug-likeness (QED) is 0.865. The van der Waals surface area contributed by atoms with Crippen molar-refractivity contribution in [2.75, 3.05) is 0 Å². The molecule has 0 spiro atoms. The number of carboxylic acids is 1. The largest absolute Gasteiger partial charge is 0.481 e. The Balaban J connectivity index is 2.45. The maximum Gasteiger partial charge on any atom is 0.416 e. The highest BCUT2D eigenvalue weighted by Crippen LogP contribution is 2.32. The first-order valence-electron chi connectivity index (χ1n) is 5.95. The molecule has 0 aliphatic rings. The molecule has 0 saturated heterocycles. The zero-order valence-corrected chi connectivity index (χ0v) is 10.6. The van der Waals surface area contributed by atoms with Gasteiger partial charge >= 0.3 is 12.1 Å². The van der Waals surface area contributed by atoms with E-state index < -0.39 is 23.5 Å². The zero-order valence-electron chi connectivity index (χ0n) is 10.6. The summed E-state index contributed by atoms with van der Waals surface area (Å²) in [6, 6.07) is 7.70. The second-order valence-electron chi connectivity index (χ2n) is 4.45. The molecular formula is C15H10F4O2. The number of aliphatic carboxylic acids is 1. The molecule has 110 valence electrons. The van der Waals surface area contributed by atoms with Crippen LogP contribution in [-0.2, 0) is 17.4 Å². The van der Waals surface area contributed by atoms with Crippen molar-refractivity contribution >= 4 is 5.97 Å². The lowest BCUT2D eigenvalue weighted by molar-refractivity contribution is -0.138. The molecule has 0 aromatic heterocycles. The Hall–Kier alpha value is -2.37. The average molecular weight is 298 g/mol. The maximum absolute atomic E-state index is 13.3. The fourth-order valence-electron chi connectivity index (χ4n) is 1.97. The van der Waals surface area contributed by atoms with E-state index in [4.69, 9.17) is 5.11 Å². The van der Waals surface area contributed by atoms with E-state index in [9.17, 15) is 22.4 Å². The summed E-state index contributed by atoms with van der Waals surface area (Å²) in [5.41, 5.74) is 0.121. The van der Waals surface area contributed by atoms with Gasteiger partial charge in [-0.05, 0) is 41.0 Å². The number of hydrogen-bond donors (Lipinski definition) is 1. The van der Waals surface area contributed by atoms with Crippen molar-refractivity contribution in [2.24, 2.45) is 0 Å². The van der Waals surface area contributed by atoms with Crippen molar-refractivity contribution in [3.8, 4) is 11.1 Å². The number of halogens is 4. The molecule has 0 amide bonds. The molecule has 0 fully saturated rings. The monoisotopic (exact) mass is 298 g/mol. The van der Waals surface area contributed by atoms with E-state index in [2.05, 4.69) is 0 Å². The summed E-state index contributed by atoms with van der Waals surface area (Å²) >= 11 is 0. The van der Waals surface area contributed by atoms with Crippen LogP contribution in [0.3, 0.4) is 0 Å². The van der Waals surface area contributed by atoms with E-state index in [0.29, 0.717) is 11.1 Å². The minimum atomic E-state index is -4.45. The second kappa shape index (κ2) is 5.55. The van der Waals surface area contributed by atoms with Crippen LogP contribution in [0.5, 0.6) is 0 Å². The molecular weight excluding hydrogens is 288 g/mol. The van der Waals surface area contributed by atoms with Gasteiger partial charge in [-0.1, -0.05) is 18.2 Å². The van der Waals surface area contributed by atoms with E-state index in [1.165, 1.54) is 18.2 Å². The molecule has 0 aliphatic carbocycles. The van der Waals surface area contributed by atoms with Gasteiger partial charge in [0.2, 0.25) is 0 Å². The lowest BCUT2D eigenvalue weighted by Gasteiger charge is -2.11. The van der Waals surface area contributed by atoms with Crippen molar-refractivity contribution < 1.29 is 27.5 Å². The molecule has 21 heavy (non-hydrogen) atoms. The summed E-state index contributed by atoms with van der Waals surface area (Å²) in [5, 5.41) is 8.82. The van der Waals surface area contributed by atoms with Crippen LogP contribution in [0, 0.1) is 5.82 Å². The van der Waals surface area contributed by atoms with Gasteiger partial charge < -0.3 is 5.11 Å². The van der Waals surface area contributed by atoms with Gasteiger partial charge in [-0.15, -0.1) is 0 Å². The summed E-state index contributed by atoms with van der Waals surface area (Å²) in [5.74, 6) is -1.69. The first-order chi connectivity index (χ1) is 9.77. The van der Waals surface area contributed by atoms with Crippen LogP contribution in [0.1, 0.15) is 11.1 Å². The topological polar surface area (TPSA) is 37.3 Å². The van der Waals surface area contributed by atoms with Crippen LogP contribution in [0.15, 0.2) is 42.5 Å². The van der Waals surface area contributed by atoms with Gasteiger partial charge in [-0.2, -0.15) is 13.2 Å². The highest BCUT2D eigenvalue weighted by atomic mass is 19.4. The van der Waals surface area contributed by atoms with Crippen molar-refractivity contribution in [3.05, 3.63) is 59.4 Å². The van der Waals surface area contributed by atoms with Gasteiger partial charge in [-0.3, -0.25) is 4.79 Å². The molecule has 0 radical (unpaired) electrons. The summed E-state index contributed by atoms with van der Waals surface area (Å²) in [6.45, 7) is 0. The van der Waals surface area contributed by atoms with Crippen molar-refractivity contribution in [1.82, 2.24) is 0 Å². The Morgan fingerprint density at radius 2 is 1.67 bits per heavy atom. The fraction of sp³-hybridized carbons (Fsp3) is 0.133. The number of rotatable bonds is 3. The van der Waals surface area contributed by atoms with E-state index >= 15 is 0 Å². The molecule has 2 aromatic rings. The van der Waals surface area contributed by atoms with Crippen molar-refractivity contribution in [1.29, 1.82) is 0 Å². The third-order valence-electron chi connectivity index (χ3n) is 2.94. The molecule has 0 heterocycles. The molecule has 6 heteroatoms. The summed E-state index contributed by atoms with van der Waals surface area (Å²) in [7, 11) is 0. The van der Waals surface area contributed by atoms with Gasteiger partial charge in [0.25, 0.3) is 0 Å². The van der Waals surface area contributed by atoms with E-state index in [1.807, 2.05) is 0 Å². The van der Waals surface area contributed by atoms with Crippen LogP contribution >= 0.6 is 0 Å². The standard InChI is InChI=1S/C15H10F4O2/c16-12-6-3-10(7-14(20)21)13(8-12)9-1-4-11(5-2-9)15(17,18)19/h1-6,8H,7H2,(H,20,21). The van der Waals surface area contributed by atoms with Gasteiger partial charge in [0.1, 0.15) is 5.82 Å². The average Bonchev–Trinajstić information content (AvgIpc) is 2.39. The number of alkyl halides is 3. The van der Waals surface area contributed by atoms with Crippen LogP contribution < -0.4 is 0 Å². The Morgan fingerprint density at radius 3 is 2.19 bits per heavy atom. The third kappa shape index (κ3) is 3.59. The summed E-state index contributed by atoms with van der Waals surface area (Å²) in [6.07, 6.45) is -4.79. The minimum absolute atomic E-state index is 0.270. The predicted octanol–water partition coefficient (Wildman–Crippen LogP) is 4.14. The minimum Gasteiger partial charge on any atom is -0.481 e. The van der Waals surface area contributed by atoms with Crippen LogP contribution in [0.4, 0.5) is 17.6 Å². The molecule has 0 atom stereocenters. The molecule has 0 saturated carbocycles. The second-order valence-corrected chi connectivity index (χ2v) is 4.45. The smallest absolute Gasteiger partial charge is 0.416 e. The number of hydrogen-bond acceptors (Lipinski definition) is 1. The van der Waals surface area contributed by atoms with Gasteiger partial charge in [-0.25, -0.2) is 4.39 Å². The number of carboxylic acid groups (broad SMARTS) is 1. The van der Waals surface area contributed by atoms with Crippen LogP contribution in [0.25, 0.3) is 11.1 Å². The van der Waals surface area contributed by atoms with Crippen molar-refractivity contribution in [2.45, 2.75) is 12.6 Å². The lowest BCUT2D eigenvalue weighted by atomic mass is 9.96. The van der Waals surface area contributed by atoms with Crippen LogP contribution in [0.2, 0.25) is 0 Å². The third-order valence-corrected chi connectivity index (χ3v) is 2.94. The van der Waals surface area contributed by atoms with E-state index in [-0.39, 0.29) is 12.0 Å². The molecule has 2 aromatic carbocycles. The lowest BCUT2D eigenvalue weighted by Crippen LogP contribution is -2.05. The maximum atomic E-state index is 13.3. The Bertz CT molecular complexity index is 660. The molecule has 1 N–H and O–H groups in total. The molecule has 0 unspecified atom stereocenters.